The van der Waals surface area contributed by atoms with Gasteiger partial charge in [-0.3, -0.25) is 14.9 Å². The Balaban J connectivity index is 3.14. The van der Waals surface area contributed by atoms with Crippen LogP contribution in [0.15, 0.2) is 23.1 Å². The number of primary sulfonamides is 1. The number of nitrogens with one attached hydrogen (secondary N) is 1. The highest BCUT2D eigenvalue weighted by molar-refractivity contribution is 7.89. The first-order valence-electron chi connectivity index (χ1n) is 6.25. The molecule has 0 spiro atoms. The summed E-state index contributed by atoms with van der Waals surface area (Å²) in [5.74, 6) is -0.339. The lowest BCUT2D eigenvalue weighted by Crippen LogP contribution is -2.28. The highest BCUT2D eigenvalue weighted by atomic mass is 32.2. The van der Waals surface area contributed by atoms with Crippen LogP contribution in [0, 0.1) is 16.0 Å². The molecule has 1 amide bonds. The molecule has 8 nitrogen and oxygen atoms in total. The fourth-order valence-corrected chi connectivity index (χ4v) is 2.07. The van der Waals surface area contributed by atoms with Gasteiger partial charge in [-0.2, -0.15) is 0 Å². The van der Waals surface area contributed by atoms with Gasteiger partial charge in [-0.25, -0.2) is 13.6 Å². The number of benzene rings is 1. The zero-order valence-electron chi connectivity index (χ0n) is 11.7. The largest absolute Gasteiger partial charge is 0.352 e. The van der Waals surface area contributed by atoms with E-state index in [1.165, 1.54) is 0 Å². The first-order valence-corrected chi connectivity index (χ1v) is 7.80. The first kappa shape index (κ1) is 17.1. The summed E-state index contributed by atoms with van der Waals surface area (Å²) in [5.41, 5.74) is -0.619. The van der Waals surface area contributed by atoms with Gasteiger partial charge in [0.25, 0.3) is 11.6 Å². The van der Waals surface area contributed by atoms with Gasteiger partial charge in [0.05, 0.1) is 9.82 Å². The van der Waals surface area contributed by atoms with Gasteiger partial charge in [0, 0.05) is 24.2 Å². The maximum Gasteiger partial charge on any atom is 0.271 e. The van der Waals surface area contributed by atoms with Crippen molar-refractivity contribution < 1.29 is 18.1 Å². The molecule has 1 atom stereocenters. The molecular formula is C12H17N3O5S. The molecule has 116 valence electrons. The highest BCUT2D eigenvalue weighted by Crippen LogP contribution is 2.20. The first-order chi connectivity index (χ1) is 9.65. The van der Waals surface area contributed by atoms with Crippen LogP contribution < -0.4 is 10.5 Å². The fraction of sp³-hybridized carbons (Fsp3) is 0.417. The van der Waals surface area contributed by atoms with Crippen molar-refractivity contribution in [2.45, 2.75) is 25.2 Å². The summed E-state index contributed by atoms with van der Waals surface area (Å²) < 4.78 is 22.6. The molecule has 0 aromatic heterocycles. The van der Waals surface area contributed by atoms with E-state index in [0.29, 0.717) is 6.54 Å². The molecule has 0 heterocycles. The van der Waals surface area contributed by atoms with Gasteiger partial charge in [0.1, 0.15) is 0 Å². The topological polar surface area (TPSA) is 132 Å². The van der Waals surface area contributed by atoms with Crippen LogP contribution in [0.4, 0.5) is 5.69 Å². The normalized spacial score (nSPS) is 12.7. The van der Waals surface area contributed by atoms with Crippen LogP contribution in [-0.2, 0) is 10.0 Å². The van der Waals surface area contributed by atoms with Crippen molar-refractivity contribution >= 4 is 21.6 Å². The summed E-state index contributed by atoms with van der Waals surface area (Å²) in [6, 6.07) is 2.86. The number of carbonyl (C=O) groups excluding carboxylic acids is 1. The second-order valence-electron chi connectivity index (χ2n) is 4.74. The van der Waals surface area contributed by atoms with Crippen molar-refractivity contribution in [3.05, 3.63) is 33.9 Å². The number of nitrogens with two attached hydrogens (primary N) is 1. The Labute approximate surface area is 122 Å². The molecule has 0 saturated heterocycles. The smallest absolute Gasteiger partial charge is 0.271 e. The SMILES string of the molecule is CCC(C)CNC(=O)c1cc([N+](=O)[O-])cc(S(N)(=O)=O)c1. The summed E-state index contributed by atoms with van der Waals surface area (Å²) in [6.07, 6.45) is 0.859. The lowest BCUT2D eigenvalue weighted by atomic mass is 10.1. The molecule has 0 fully saturated rings. The van der Waals surface area contributed by atoms with Gasteiger partial charge >= 0.3 is 0 Å². The third kappa shape index (κ3) is 4.80. The van der Waals surface area contributed by atoms with Crippen LogP contribution in [0.5, 0.6) is 0 Å². The molecule has 9 heteroatoms. The highest BCUT2D eigenvalue weighted by Gasteiger charge is 2.19. The molecule has 0 aliphatic rings. The van der Waals surface area contributed by atoms with Gasteiger partial charge < -0.3 is 5.32 Å². The second-order valence-corrected chi connectivity index (χ2v) is 6.30. The number of nitrogens with zero attached hydrogens (tertiary/aromatic N) is 1. The average Bonchev–Trinajstić information content (AvgIpc) is 2.42. The number of carbonyl (C=O) groups is 1. The summed E-state index contributed by atoms with van der Waals surface area (Å²) in [5, 5.41) is 18.4. The van der Waals surface area contributed by atoms with Crippen molar-refractivity contribution in [1.82, 2.24) is 5.32 Å². The van der Waals surface area contributed by atoms with E-state index in [4.69, 9.17) is 5.14 Å². The molecule has 0 bridgehead atoms. The maximum atomic E-state index is 11.9. The van der Waals surface area contributed by atoms with Crippen molar-refractivity contribution in [2.24, 2.45) is 11.1 Å². The number of non-ortho nitro benzene ring substituents is 1. The van der Waals surface area contributed by atoms with Gasteiger partial charge in [-0.1, -0.05) is 20.3 Å². The molecule has 0 aliphatic carbocycles. The van der Waals surface area contributed by atoms with Crippen LogP contribution in [0.25, 0.3) is 0 Å². The van der Waals surface area contributed by atoms with Crippen molar-refractivity contribution in [3.8, 4) is 0 Å². The zero-order valence-corrected chi connectivity index (χ0v) is 12.5. The lowest BCUT2D eigenvalue weighted by molar-refractivity contribution is -0.385. The van der Waals surface area contributed by atoms with E-state index in [-0.39, 0.29) is 11.5 Å². The van der Waals surface area contributed by atoms with E-state index in [9.17, 15) is 23.3 Å². The summed E-state index contributed by atoms with van der Waals surface area (Å²) in [7, 11) is -4.14. The monoisotopic (exact) mass is 315 g/mol. The van der Waals surface area contributed by atoms with Gasteiger partial charge in [0.2, 0.25) is 10.0 Å². The Morgan fingerprint density at radius 2 is 2.05 bits per heavy atom. The molecular weight excluding hydrogens is 298 g/mol. The Morgan fingerprint density at radius 3 is 2.52 bits per heavy atom. The summed E-state index contributed by atoms with van der Waals surface area (Å²) in [6.45, 7) is 4.29. The third-order valence-corrected chi connectivity index (χ3v) is 3.89. The molecule has 0 radical (unpaired) electrons. The number of sulfonamides is 1. The number of rotatable bonds is 6. The van der Waals surface area contributed by atoms with E-state index in [1.807, 2.05) is 13.8 Å². The van der Waals surface area contributed by atoms with E-state index >= 15 is 0 Å². The van der Waals surface area contributed by atoms with Gasteiger partial charge in [-0.15, -0.1) is 0 Å². The average molecular weight is 315 g/mol. The molecule has 0 aliphatic heterocycles. The van der Waals surface area contributed by atoms with Crippen LogP contribution >= 0.6 is 0 Å². The maximum absolute atomic E-state index is 11.9. The van der Waals surface area contributed by atoms with E-state index in [2.05, 4.69) is 5.32 Å². The number of nitro groups is 1. The zero-order chi connectivity index (χ0) is 16.2. The number of amides is 1. The molecule has 3 N–H and O–H groups in total. The van der Waals surface area contributed by atoms with Gasteiger partial charge in [-0.05, 0) is 12.0 Å². The Hall–Kier alpha value is -2.00. The van der Waals surface area contributed by atoms with Crippen molar-refractivity contribution in [1.29, 1.82) is 0 Å². The number of hydrogen-bond acceptors (Lipinski definition) is 5. The lowest BCUT2D eigenvalue weighted by Gasteiger charge is -2.10. The Bertz CT molecular complexity index is 657. The van der Waals surface area contributed by atoms with Crippen molar-refractivity contribution in [3.63, 3.8) is 0 Å². The quantitative estimate of drug-likeness (QED) is 0.597. The minimum Gasteiger partial charge on any atom is -0.352 e. The molecule has 21 heavy (non-hydrogen) atoms. The molecule has 1 rings (SSSR count). The minimum atomic E-state index is -4.14. The second kappa shape index (κ2) is 6.64. The molecule has 0 saturated carbocycles. The van der Waals surface area contributed by atoms with Crippen LogP contribution in [-0.4, -0.2) is 25.8 Å². The van der Waals surface area contributed by atoms with Crippen LogP contribution in [0.2, 0.25) is 0 Å². The van der Waals surface area contributed by atoms with E-state index in [0.717, 1.165) is 24.6 Å². The molecule has 1 aromatic carbocycles. The molecule has 1 unspecified atom stereocenters. The van der Waals surface area contributed by atoms with Crippen LogP contribution in [0.1, 0.15) is 30.6 Å². The predicted octanol–water partition coefficient (Wildman–Crippen LogP) is 1.02. The van der Waals surface area contributed by atoms with Crippen LogP contribution in [0.3, 0.4) is 0 Å². The third-order valence-electron chi connectivity index (χ3n) is 3.00. The Morgan fingerprint density at radius 1 is 1.43 bits per heavy atom. The standard InChI is InChI=1S/C12H17N3O5S/c1-3-8(2)7-14-12(16)9-4-10(15(17)18)6-11(5-9)21(13,19)20/h4-6,8H,3,7H2,1-2H3,(H,14,16)(H2,13,19,20). The summed E-state index contributed by atoms with van der Waals surface area (Å²) in [4.78, 5) is 21.5. The van der Waals surface area contributed by atoms with Crippen molar-refractivity contribution in [2.75, 3.05) is 6.54 Å². The minimum absolute atomic E-state index is 0.114. The predicted molar refractivity (Wildman–Crippen MR) is 76.3 cm³/mol. The number of nitro benzene ring substituents is 1. The molecule has 1 aromatic rings. The van der Waals surface area contributed by atoms with E-state index in [1.54, 1.807) is 0 Å². The fourth-order valence-electron chi connectivity index (χ4n) is 1.50. The Kier molecular flexibility index (Phi) is 5.39. The summed E-state index contributed by atoms with van der Waals surface area (Å²) >= 11 is 0. The number of hydrogen-bond donors (Lipinski definition) is 2. The van der Waals surface area contributed by atoms with Gasteiger partial charge in [0.15, 0.2) is 0 Å². The van der Waals surface area contributed by atoms with E-state index < -0.39 is 31.4 Å².